The molecule has 2 atom stereocenters. The van der Waals surface area contributed by atoms with Gasteiger partial charge in [-0.05, 0) is 12.8 Å². The normalized spacial score (nSPS) is 23.1. The summed E-state index contributed by atoms with van der Waals surface area (Å²) < 4.78 is 26.0. The third-order valence-corrected chi connectivity index (χ3v) is 4.75. The third kappa shape index (κ3) is 3.43. The summed E-state index contributed by atoms with van der Waals surface area (Å²) in [6.07, 6.45) is 1.64. The van der Waals surface area contributed by atoms with Gasteiger partial charge in [-0.1, -0.05) is 6.92 Å². The van der Waals surface area contributed by atoms with E-state index in [4.69, 9.17) is 5.73 Å². The lowest BCUT2D eigenvalue weighted by molar-refractivity contribution is -0.119. The molecule has 0 saturated carbocycles. The highest BCUT2D eigenvalue weighted by Gasteiger charge is 2.26. The van der Waals surface area contributed by atoms with Crippen molar-refractivity contribution in [3.63, 3.8) is 0 Å². The minimum Gasteiger partial charge on any atom is -0.352 e. The van der Waals surface area contributed by atoms with Crippen molar-refractivity contribution in [3.8, 4) is 0 Å². The van der Waals surface area contributed by atoms with Crippen LogP contribution >= 0.6 is 0 Å². The Morgan fingerprint density at radius 2 is 2.31 bits per heavy atom. The molecule has 0 bridgehead atoms. The van der Waals surface area contributed by atoms with E-state index in [1.165, 1.54) is 0 Å². The number of amides is 1. The van der Waals surface area contributed by atoms with Crippen molar-refractivity contribution in [3.05, 3.63) is 0 Å². The molecule has 0 aromatic rings. The van der Waals surface area contributed by atoms with Crippen molar-refractivity contribution in [1.29, 1.82) is 0 Å². The molecule has 1 heterocycles. The lowest BCUT2D eigenvalue weighted by Crippen LogP contribution is -2.44. The van der Waals surface area contributed by atoms with Crippen LogP contribution in [0.25, 0.3) is 0 Å². The number of hydrogen-bond donors (Lipinski definition) is 3. The molecule has 1 rings (SSSR count). The quantitative estimate of drug-likeness (QED) is 0.557. The van der Waals surface area contributed by atoms with Gasteiger partial charge in [0, 0.05) is 25.6 Å². The molecule has 94 valence electrons. The molecule has 1 aliphatic heterocycles. The summed E-state index contributed by atoms with van der Waals surface area (Å²) in [4.78, 5) is 10.9. The second kappa shape index (κ2) is 5.60. The second-order valence-corrected chi connectivity index (χ2v) is 6.01. The van der Waals surface area contributed by atoms with Crippen molar-refractivity contribution in [2.45, 2.75) is 37.5 Å². The van der Waals surface area contributed by atoms with Gasteiger partial charge in [-0.2, -0.15) is 0 Å². The molecule has 1 fully saturated rings. The largest absolute Gasteiger partial charge is 0.352 e. The summed E-state index contributed by atoms with van der Waals surface area (Å²) in [5.74, 6) is -0.0185. The topological polar surface area (TPSA) is 101 Å². The number of rotatable bonds is 6. The minimum atomic E-state index is -3.35. The zero-order valence-electron chi connectivity index (χ0n) is 9.40. The van der Waals surface area contributed by atoms with Gasteiger partial charge >= 0.3 is 0 Å². The zero-order chi connectivity index (χ0) is 12.2. The van der Waals surface area contributed by atoms with Gasteiger partial charge in [0.2, 0.25) is 15.9 Å². The highest BCUT2D eigenvalue weighted by Crippen LogP contribution is 2.07. The summed E-state index contributed by atoms with van der Waals surface area (Å²) in [5, 5.41) is 2.15. The Hall–Kier alpha value is -0.660. The van der Waals surface area contributed by atoms with E-state index in [1.807, 2.05) is 0 Å². The Balaban J connectivity index is 2.44. The van der Waals surface area contributed by atoms with E-state index < -0.39 is 15.3 Å². The fraction of sp³-hybridized carbons (Fsp3) is 0.889. The van der Waals surface area contributed by atoms with Gasteiger partial charge in [-0.3, -0.25) is 4.79 Å². The Morgan fingerprint density at radius 3 is 2.75 bits per heavy atom. The maximum atomic E-state index is 11.7. The first-order valence-electron chi connectivity index (χ1n) is 5.47. The molecule has 6 nitrogen and oxygen atoms in total. The van der Waals surface area contributed by atoms with E-state index in [-0.39, 0.29) is 25.0 Å². The number of nitrogens with one attached hydrogen (secondary N) is 2. The maximum Gasteiger partial charge on any atom is 0.220 e. The standard InChI is InChI=1S/C9H19N3O3S/c1-2-8(5-10)16(14,15)11-6-7-3-4-9(13)12-7/h7-8,11H,2-6,10H2,1H3,(H,12,13). The van der Waals surface area contributed by atoms with E-state index in [0.29, 0.717) is 19.3 Å². The SMILES string of the molecule is CCC(CN)S(=O)(=O)NCC1CCC(=O)N1. The number of hydrogen-bond acceptors (Lipinski definition) is 4. The Labute approximate surface area is 96.0 Å². The van der Waals surface area contributed by atoms with E-state index in [9.17, 15) is 13.2 Å². The average molecular weight is 249 g/mol. The van der Waals surface area contributed by atoms with Gasteiger partial charge in [0.05, 0.1) is 5.25 Å². The minimum absolute atomic E-state index is 0.0185. The summed E-state index contributed by atoms with van der Waals surface area (Å²) in [6, 6.07) is -0.0856. The van der Waals surface area contributed by atoms with Crippen LogP contribution in [0.1, 0.15) is 26.2 Å². The fourth-order valence-corrected chi connectivity index (χ4v) is 3.04. The van der Waals surface area contributed by atoms with Gasteiger partial charge in [0.15, 0.2) is 0 Å². The molecular weight excluding hydrogens is 230 g/mol. The van der Waals surface area contributed by atoms with Gasteiger partial charge in [-0.15, -0.1) is 0 Å². The van der Waals surface area contributed by atoms with Crippen LogP contribution in [0.3, 0.4) is 0 Å². The monoisotopic (exact) mass is 249 g/mol. The molecule has 0 aromatic carbocycles. The Morgan fingerprint density at radius 1 is 1.62 bits per heavy atom. The predicted molar refractivity (Wildman–Crippen MR) is 61.2 cm³/mol. The fourth-order valence-electron chi connectivity index (χ4n) is 1.68. The first-order valence-corrected chi connectivity index (χ1v) is 7.02. The predicted octanol–water partition coefficient (Wildman–Crippen LogP) is -1.08. The number of carbonyl (C=O) groups excluding carboxylic acids is 1. The Kier molecular flexibility index (Phi) is 4.69. The molecule has 1 aliphatic rings. The highest BCUT2D eigenvalue weighted by molar-refractivity contribution is 7.90. The van der Waals surface area contributed by atoms with E-state index in [2.05, 4.69) is 10.0 Å². The lowest BCUT2D eigenvalue weighted by atomic mass is 10.2. The van der Waals surface area contributed by atoms with Gasteiger partial charge in [0.1, 0.15) is 0 Å². The van der Waals surface area contributed by atoms with E-state index in [1.54, 1.807) is 6.92 Å². The highest BCUT2D eigenvalue weighted by atomic mass is 32.2. The molecular formula is C9H19N3O3S. The average Bonchev–Trinajstić information content (AvgIpc) is 2.63. The molecule has 4 N–H and O–H groups in total. The summed E-state index contributed by atoms with van der Waals surface area (Å²) >= 11 is 0. The summed E-state index contributed by atoms with van der Waals surface area (Å²) in [6.45, 7) is 2.15. The second-order valence-electron chi connectivity index (χ2n) is 3.96. The van der Waals surface area contributed by atoms with Crippen LogP contribution in [0.5, 0.6) is 0 Å². The van der Waals surface area contributed by atoms with Crippen LogP contribution in [0, 0.1) is 0 Å². The molecule has 1 saturated heterocycles. The number of nitrogens with two attached hydrogens (primary N) is 1. The first kappa shape index (κ1) is 13.4. The van der Waals surface area contributed by atoms with Gasteiger partial charge in [0.25, 0.3) is 0 Å². The molecule has 16 heavy (non-hydrogen) atoms. The van der Waals surface area contributed by atoms with Gasteiger partial charge < -0.3 is 11.1 Å². The molecule has 0 aromatic heterocycles. The van der Waals surface area contributed by atoms with Crippen LogP contribution in [0.2, 0.25) is 0 Å². The molecule has 0 radical (unpaired) electrons. The molecule has 1 amide bonds. The molecule has 2 unspecified atom stereocenters. The van der Waals surface area contributed by atoms with Crippen LogP contribution in [-0.4, -0.2) is 38.7 Å². The number of carbonyl (C=O) groups is 1. The van der Waals surface area contributed by atoms with Crippen molar-refractivity contribution in [2.24, 2.45) is 5.73 Å². The van der Waals surface area contributed by atoms with E-state index in [0.717, 1.165) is 0 Å². The first-order chi connectivity index (χ1) is 7.49. The van der Waals surface area contributed by atoms with Crippen molar-refractivity contribution < 1.29 is 13.2 Å². The van der Waals surface area contributed by atoms with Crippen molar-refractivity contribution in [1.82, 2.24) is 10.0 Å². The van der Waals surface area contributed by atoms with E-state index >= 15 is 0 Å². The summed E-state index contributed by atoms with van der Waals surface area (Å²) in [7, 11) is -3.35. The zero-order valence-corrected chi connectivity index (χ0v) is 10.2. The van der Waals surface area contributed by atoms with Crippen molar-refractivity contribution in [2.75, 3.05) is 13.1 Å². The van der Waals surface area contributed by atoms with Crippen LogP contribution in [0.15, 0.2) is 0 Å². The third-order valence-electron chi connectivity index (χ3n) is 2.77. The Bertz CT molecular complexity index is 338. The van der Waals surface area contributed by atoms with Gasteiger partial charge in [-0.25, -0.2) is 13.1 Å². The maximum absolute atomic E-state index is 11.7. The molecule has 0 aliphatic carbocycles. The van der Waals surface area contributed by atoms with Crippen molar-refractivity contribution >= 4 is 15.9 Å². The lowest BCUT2D eigenvalue weighted by Gasteiger charge is -2.16. The van der Waals surface area contributed by atoms with Crippen LogP contribution in [-0.2, 0) is 14.8 Å². The van der Waals surface area contributed by atoms with Crippen LogP contribution < -0.4 is 15.8 Å². The number of sulfonamides is 1. The molecule has 7 heteroatoms. The van der Waals surface area contributed by atoms with Crippen LogP contribution in [0.4, 0.5) is 0 Å². The molecule has 0 spiro atoms. The smallest absolute Gasteiger partial charge is 0.220 e. The summed E-state index contributed by atoms with van der Waals surface area (Å²) in [5.41, 5.74) is 5.39.